The number of halogens is 1. The van der Waals surface area contributed by atoms with Crippen LogP contribution in [0.4, 0.5) is 4.39 Å². The van der Waals surface area contributed by atoms with Crippen LogP contribution in [-0.4, -0.2) is 5.11 Å². The van der Waals surface area contributed by atoms with Crippen molar-refractivity contribution in [3.8, 4) is 0 Å². The van der Waals surface area contributed by atoms with Crippen LogP contribution in [0.3, 0.4) is 0 Å². The first-order valence-corrected chi connectivity index (χ1v) is 6.16. The minimum Gasteiger partial charge on any atom is -0.385 e. The lowest BCUT2D eigenvalue weighted by Gasteiger charge is -2.27. The molecular weight excluding hydrogens is 227 g/mol. The average Bonchev–Trinajstić information content (AvgIpc) is 2.40. The van der Waals surface area contributed by atoms with Crippen molar-refractivity contribution in [1.82, 2.24) is 0 Å². The van der Waals surface area contributed by atoms with Crippen LogP contribution in [0.5, 0.6) is 0 Å². The highest BCUT2D eigenvalue weighted by atomic mass is 19.1. The van der Waals surface area contributed by atoms with E-state index in [0.29, 0.717) is 12.8 Å². The maximum Gasteiger partial charge on any atom is 0.123 e. The van der Waals surface area contributed by atoms with E-state index in [0.717, 1.165) is 11.1 Å². The summed E-state index contributed by atoms with van der Waals surface area (Å²) < 4.78 is 12.9. The third kappa shape index (κ3) is 2.77. The molecule has 0 fully saturated rings. The Balaban J connectivity index is 2.28. The van der Waals surface area contributed by atoms with Gasteiger partial charge in [-0.15, -0.1) is 0 Å². The molecular formula is C16H17FO. The van der Waals surface area contributed by atoms with Gasteiger partial charge in [-0.25, -0.2) is 4.39 Å². The highest BCUT2D eigenvalue weighted by Crippen LogP contribution is 2.29. The van der Waals surface area contributed by atoms with Crippen LogP contribution in [-0.2, 0) is 12.0 Å². The van der Waals surface area contributed by atoms with Crippen LogP contribution in [0.25, 0.3) is 0 Å². The molecule has 0 aliphatic heterocycles. The van der Waals surface area contributed by atoms with E-state index in [1.54, 1.807) is 12.1 Å². The van der Waals surface area contributed by atoms with E-state index in [2.05, 4.69) is 0 Å². The molecule has 0 heterocycles. The van der Waals surface area contributed by atoms with Gasteiger partial charge in [0.1, 0.15) is 5.82 Å². The molecule has 18 heavy (non-hydrogen) atoms. The van der Waals surface area contributed by atoms with Gasteiger partial charge in [-0.1, -0.05) is 49.4 Å². The Kier molecular flexibility index (Phi) is 3.78. The molecule has 1 N–H and O–H groups in total. The third-order valence-corrected chi connectivity index (χ3v) is 3.31. The fraction of sp³-hybridized carbons (Fsp3) is 0.250. The monoisotopic (exact) mass is 244 g/mol. The quantitative estimate of drug-likeness (QED) is 0.870. The molecule has 0 aliphatic rings. The van der Waals surface area contributed by atoms with E-state index >= 15 is 0 Å². The van der Waals surface area contributed by atoms with Crippen molar-refractivity contribution in [3.63, 3.8) is 0 Å². The molecule has 1 nitrogen and oxygen atoms in total. The minimum atomic E-state index is -0.935. The molecule has 0 aromatic heterocycles. The van der Waals surface area contributed by atoms with Crippen molar-refractivity contribution in [2.75, 3.05) is 0 Å². The maximum atomic E-state index is 12.9. The van der Waals surface area contributed by atoms with Crippen molar-refractivity contribution in [3.05, 3.63) is 71.5 Å². The van der Waals surface area contributed by atoms with Gasteiger partial charge < -0.3 is 5.11 Å². The zero-order chi connectivity index (χ0) is 13.0. The first-order valence-electron chi connectivity index (χ1n) is 6.16. The van der Waals surface area contributed by atoms with Crippen molar-refractivity contribution >= 4 is 0 Å². The summed E-state index contributed by atoms with van der Waals surface area (Å²) in [5, 5.41) is 10.7. The Morgan fingerprint density at radius 1 is 1.00 bits per heavy atom. The molecule has 1 atom stereocenters. The van der Waals surface area contributed by atoms with Gasteiger partial charge in [0.05, 0.1) is 5.60 Å². The van der Waals surface area contributed by atoms with Crippen LogP contribution in [0, 0.1) is 5.82 Å². The summed E-state index contributed by atoms with van der Waals surface area (Å²) in [5.41, 5.74) is 0.899. The Morgan fingerprint density at radius 3 is 2.17 bits per heavy atom. The third-order valence-electron chi connectivity index (χ3n) is 3.31. The topological polar surface area (TPSA) is 20.2 Å². The van der Waals surface area contributed by atoms with E-state index in [9.17, 15) is 9.50 Å². The molecule has 0 aliphatic carbocycles. The second kappa shape index (κ2) is 5.32. The molecule has 0 bridgehead atoms. The van der Waals surface area contributed by atoms with E-state index in [4.69, 9.17) is 0 Å². The van der Waals surface area contributed by atoms with Crippen molar-refractivity contribution in [2.45, 2.75) is 25.4 Å². The first kappa shape index (κ1) is 12.8. The Hall–Kier alpha value is -1.67. The summed E-state index contributed by atoms with van der Waals surface area (Å²) in [6.45, 7) is 1.94. The van der Waals surface area contributed by atoms with Gasteiger partial charge in [0, 0.05) is 6.42 Å². The second-order valence-electron chi connectivity index (χ2n) is 4.55. The Labute approximate surface area is 107 Å². The first-order chi connectivity index (χ1) is 8.64. The molecule has 0 saturated carbocycles. The normalized spacial score (nSPS) is 14.2. The zero-order valence-corrected chi connectivity index (χ0v) is 10.4. The minimum absolute atomic E-state index is 0.281. The van der Waals surface area contributed by atoms with E-state index < -0.39 is 5.60 Å². The van der Waals surface area contributed by atoms with Crippen LogP contribution in [0.1, 0.15) is 24.5 Å². The lowest BCUT2D eigenvalue weighted by Crippen LogP contribution is -2.27. The van der Waals surface area contributed by atoms with Crippen LogP contribution in [0.15, 0.2) is 54.6 Å². The molecule has 0 amide bonds. The van der Waals surface area contributed by atoms with Gasteiger partial charge >= 0.3 is 0 Å². The highest BCUT2D eigenvalue weighted by Gasteiger charge is 2.27. The molecule has 94 valence electrons. The lowest BCUT2D eigenvalue weighted by atomic mass is 9.85. The number of hydrogen-bond donors (Lipinski definition) is 1. The predicted octanol–water partition coefficient (Wildman–Crippen LogP) is 3.67. The van der Waals surface area contributed by atoms with Crippen molar-refractivity contribution in [1.29, 1.82) is 0 Å². The van der Waals surface area contributed by atoms with Gasteiger partial charge in [0.2, 0.25) is 0 Å². The van der Waals surface area contributed by atoms with Crippen LogP contribution < -0.4 is 0 Å². The molecule has 0 spiro atoms. The molecule has 1 unspecified atom stereocenters. The zero-order valence-electron chi connectivity index (χ0n) is 10.4. The van der Waals surface area contributed by atoms with E-state index in [-0.39, 0.29) is 5.82 Å². The predicted molar refractivity (Wildman–Crippen MR) is 70.7 cm³/mol. The standard InChI is InChI=1S/C16H17FO/c1-2-16(18,12-13-6-4-3-5-7-13)14-8-10-15(17)11-9-14/h3-11,18H,2,12H2,1H3. The maximum absolute atomic E-state index is 12.9. The summed E-state index contributed by atoms with van der Waals surface area (Å²) >= 11 is 0. The SMILES string of the molecule is CCC(O)(Cc1ccccc1)c1ccc(F)cc1. The number of rotatable bonds is 4. The number of benzene rings is 2. The number of hydrogen-bond acceptors (Lipinski definition) is 1. The molecule has 0 saturated heterocycles. The summed E-state index contributed by atoms with van der Waals surface area (Å²) in [5.74, 6) is -0.281. The van der Waals surface area contributed by atoms with Crippen LogP contribution in [0.2, 0.25) is 0 Å². The molecule has 2 aromatic carbocycles. The second-order valence-corrected chi connectivity index (χ2v) is 4.55. The van der Waals surface area contributed by atoms with E-state index in [1.165, 1.54) is 12.1 Å². The molecule has 2 heteroatoms. The summed E-state index contributed by atoms with van der Waals surface area (Å²) in [6.07, 6.45) is 1.13. The molecule has 2 rings (SSSR count). The smallest absolute Gasteiger partial charge is 0.123 e. The van der Waals surface area contributed by atoms with Crippen molar-refractivity contribution in [2.24, 2.45) is 0 Å². The summed E-state index contributed by atoms with van der Waals surface area (Å²) in [4.78, 5) is 0. The van der Waals surface area contributed by atoms with Gasteiger partial charge in [-0.3, -0.25) is 0 Å². The van der Waals surface area contributed by atoms with Crippen molar-refractivity contribution < 1.29 is 9.50 Å². The summed E-state index contributed by atoms with van der Waals surface area (Å²) in [6, 6.07) is 15.9. The fourth-order valence-corrected chi connectivity index (χ4v) is 2.12. The molecule has 0 radical (unpaired) electrons. The summed E-state index contributed by atoms with van der Waals surface area (Å²) in [7, 11) is 0. The fourth-order valence-electron chi connectivity index (χ4n) is 2.12. The van der Waals surface area contributed by atoms with Gasteiger partial charge in [-0.05, 0) is 29.7 Å². The average molecular weight is 244 g/mol. The molecule has 2 aromatic rings. The number of aliphatic hydroxyl groups is 1. The Morgan fingerprint density at radius 2 is 1.61 bits per heavy atom. The highest BCUT2D eigenvalue weighted by molar-refractivity contribution is 5.27. The lowest BCUT2D eigenvalue weighted by molar-refractivity contribution is 0.0327. The van der Waals surface area contributed by atoms with Gasteiger partial charge in [0.25, 0.3) is 0 Å². The van der Waals surface area contributed by atoms with Crippen LogP contribution >= 0.6 is 0 Å². The Bertz CT molecular complexity index is 492. The van der Waals surface area contributed by atoms with Gasteiger partial charge in [0.15, 0.2) is 0 Å². The van der Waals surface area contributed by atoms with Gasteiger partial charge in [-0.2, -0.15) is 0 Å². The largest absolute Gasteiger partial charge is 0.385 e. The van der Waals surface area contributed by atoms with E-state index in [1.807, 2.05) is 37.3 Å².